The molecule has 0 saturated carbocycles. The molecule has 22 heavy (non-hydrogen) atoms. The van der Waals surface area contributed by atoms with Gasteiger partial charge in [0.05, 0.1) is 6.54 Å². The van der Waals surface area contributed by atoms with E-state index in [1.165, 1.54) is 0 Å². The summed E-state index contributed by atoms with van der Waals surface area (Å²) in [6.07, 6.45) is 4.86. The van der Waals surface area contributed by atoms with Crippen LogP contribution in [0.25, 0.3) is 0 Å². The largest absolute Gasteiger partial charge is 0.356 e. The fraction of sp³-hybridized carbons (Fsp3) is 0.750. The van der Waals surface area contributed by atoms with E-state index in [4.69, 9.17) is 0 Å². The third-order valence-electron chi connectivity index (χ3n) is 3.63. The van der Waals surface area contributed by atoms with Crippen LogP contribution in [0.3, 0.4) is 0 Å². The van der Waals surface area contributed by atoms with Crippen molar-refractivity contribution >= 4 is 5.96 Å². The molecule has 0 spiro atoms. The minimum absolute atomic E-state index is 0.589. The lowest BCUT2D eigenvalue weighted by Crippen LogP contribution is -2.42. The molecular weight excluding hydrogens is 276 g/mol. The van der Waals surface area contributed by atoms with Gasteiger partial charge in [-0.2, -0.15) is 5.10 Å². The second-order valence-electron chi connectivity index (χ2n) is 5.97. The number of nitrogens with one attached hydrogen (secondary N) is 2. The molecule has 1 aromatic rings. The quantitative estimate of drug-likeness (QED) is 0.413. The number of guanidine groups is 1. The Balaban J connectivity index is 2.18. The van der Waals surface area contributed by atoms with E-state index in [9.17, 15) is 0 Å². The first-order chi connectivity index (χ1) is 10.5. The van der Waals surface area contributed by atoms with Crippen molar-refractivity contribution in [2.24, 2.45) is 4.99 Å². The van der Waals surface area contributed by atoms with Crippen LogP contribution in [0.15, 0.2) is 23.5 Å². The number of aliphatic imine (C=N–C) groups is 1. The highest BCUT2D eigenvalue weighted by Gasteiger charge is 2.12. The minimum Gasteiger partial charge on any atom is -0.356 e. The van der Waals surface area contributed by atoms with E-state index in [1.54, 1.807) is 13.2 Å². The van der Waals surface area contributed by atoms with Crippen LogP contribution in [0, 0.1) is 0 Å². The normalized spacial score (nSPS) is 12.5. The number of hydrogen-bond donors (Lipinski definition) is 2. The van der Waals surface area contributed by atoms with Gasteiger partial charge < -0.3 is 10.6 Å². The zero-order valence-corrected chi connectivity index (χ0v) is 14.7. The summed E-state index contributed by atoms with van der Waals surface area (Å²) >= 11 is 0. The van der Waals surface area contributed by atoms with Crippen molar-refractivity contribution in [2.45, 2.75) is 52.7 Å². The summed E-state index contributed by atoms with van der Waals surface area (Å²) in [5.74, 6) is 0.854. The summed E-state index contributed by atoms with van der Waals surface area (Å²) in [4.78, 5) is 6.75. The van der Waals surface area contributed by atoms with Crippen LogP contribution in [0.4, 0.5) is 0 Å². The highest BCUT2D eigenvalue weighted by Crippen LogP contribution is 2.05. The van der Waals surface area contributed by atoms with E-state index < -0.39 is 0 Å². The van der Waals surface area contributed by atoms with Crippen LogP contribution in [0.5, 0.6) is 0 Å². The van der Waals surface area contributed by atoms with Gasteiger partial charge in [0, 0.05) is 51.2 Å². The highest BCUT2D eigenvalue weighted by atomic mass is 15.3. The molecule has 0 aromatic carbocycles. The molecule has 6 heteroatoms. The SMILES string of the molecule is CN=C(NCCCN(C(C)C)C(C)C)NCCn1cccn1. The van der Waals surface area contributed by atoms with Crippen LogP contribution in [-0.2, 0) is 6.54 Å². The molecule has 0 radical (unpaired) electrons. The fourth-order valence-corrected chi connectivity index (χ4v) is 2.52. The fourth-order valence-electron chi connectivity index (χ4n) is 2.52. The van der Waals surface area contributed by atoms with Crippen molar-refractivity contribution in [2.75, 3.05) is 26.7 Å². The van der Waals surface area contributed by atoms with Gasteiger partial charge in [-0.1, -0.05) is 0 Å². The predicted molar refractivity (Wildman–Crippen MR) is 93.2 cm³/mol. The smallest absolute Gasteiger partial charge is 0.191 e. The molecule has 0 bridgehead atoms. The third kappa shape index (κ3) is 6.93. The second-order valence-corrected chi connectivity index (χ2v) is 5.97. The molecule has 0 saturated heterocycles. The van der Waals surface area contributed by atoms with E-state index in [0.717, 1.165) is 38.6 Å². The Morgan fingerprint density at radius 2 is 1.86 bits per heavy atom. The first-order valence-corrected chi connectivity index (χ1v) is 8.22. The van der Waals surface area contributed by atoms with Crippen molar-refractivity contribution in [3.8, 4) is 0 Å². The van der Waals surface area contributed by atoms with Crippen LogP contribution in [-0.4, -0.2) is 59.4 Å². The lowest BCUT2D eigenvalue weighted by atomic mass is 10.2. The van der Waals surface area contributed by atoms with E-state index in [2.05, 4.69) is 53.3 Å². The van der Waals surface area contributed by atoms with Gasteiger partial charge >= 0.3 is 0 Å². The maximum Gasteiger partial charge on any atom is 0.191 e. The average molecular weight is 308 g/mol. The zero-order chi connectivity index (χ0) is 16.4. The maximum atomic E-state index is 4.24. The Hall–Kier alpha value is -1.56. The van der Waals surface area contributed by atoms with Crippen LogP contribution in [0.2, 0.25) is 0 Å². The first kappa shape index (κ1) is 18.5. The summed E-state index contributed by atoms with van der Waals surface area (Å²) in [5.41, 5.74) is 0. The summed E-state index contributed by atoms with van der Waals surface area (Å²) < 4.78 is 1.91. The predicted octanol–water partition coefficient (Wildman–Crippen LogP) is 1.56. The van der Waals surface area contributed by atoms with Gasteiger partial charge in [-0.25, -0.2) is 0 Å². The van der Waals surface area contributed by atoms with Gasteiger partial charge in [-0.15, -0.1) is 0 Å². The van der Waals surface area contributed by atoms with Gasteiger partial charge in [0.2, 0.25) is 0 Å². The number of nitrogens with zero attached hydrogens (tertiary/aromatic N) is 4. The van der Waals surface area contributed by atoms with E-state index >= 15 is 0 Å². The summed E-state index contributed by atoms with van der Waals surface area (Å²) in [6.45, 7) is 12.7. The van der Waals surface area contributed by atoms with Crippen LogP contribution >= 0.6 is 0 Å². The molecule has 0 unspecified atom stereocenters. The minimum atomic E-state index is 0.589. The lowest BCUT2D eigenvalue weighted by Gasteiger charge is -2.30. The summed E-state index contributed by atoms with van der Waals surface area (Å²) in [6, 6.07) is 3.11. The Morgan fingerprint density at radius 3 is 2.41 bits per heavy atom. The monoisotopic (exact) mass is 308 g/mol. The van der Waals surface area contributed by atoms with E-state index in [0.29, 0.717) is 12.1 Å². The number of aromatic nitrogens is 2. The molecule has 1 rings (SSSR count). The Kier molecular flexibility index (Phi) is 8.58. The molecule has 1 heterocycles. The standard InChI is InChI=1S/C16H32N6/c1-14(2)22(15(3)4)12-6-8-18-16(17-5)19-10-13-21-11-7-9-20-21/h7,9,11,14-15H,6,8,10,12-13H2,1-5H3,(H2,17,18,19). The summed E-state index contributed by atoms with van der Waals surface area (Å²) in [5, 5.41) is 10.8. The second kappa shape index (κ2) is 10.2. The zero-order valence-electron chi connectivity index (χ0n) is 14.7. The topological polar surface area (TPSA) is 57.5 Å². The number of hydrogen-bond acceptors (Lipinski definition) is 3. The van der Waals surface area contributed by atoms with E-state index in [1.807, 2.05) is 16.9 Å². The average Bonchev–Trinajstić information content (AvgIpc) is 2.97. The molecule has 6 nitrogen and oxygen atoms in total. The molecule has 1 aromatic heterocycles. The van der Waals surface area contributed by atoms with Gasteiger partial charge in [0.25, 0.3) is 0 Å². The van der Waals surface area contributed by atoms with E-state index in [-0.39, 0.29) is 0 Å². The maximum absolute atomic E-state index is 4.24. The first-order valence-electron chi connectivity index (χ1n) is 8.22. The molecule has 0 aliphatic heterocycles. The van der Waals surface area contributed by atoms with Crippen molar-refractivity contribution in [1.82, 2.24) is 25.3 Å². The molecule has 0 amide bonds. The Bertz CT molecular complexity index is 402. The van der Waals surface area contributed by atoms with Gasteiger partial charge in [0.15, 0.2) is 5.96 Å². The number of rotatable bonds is 9. The van der Waals surface area contributed by atoms with Gasteiger partial charge in [-0.05, 0) is 40.2 Å². The highest BCUT2D eigenvalue weighted by molar-refractivity contribution is 5.79. The van der Waals surface area contributed by atoms with Crippen molar-refractivity contribution in [3.63, 3.8) is 0 Å². The molecule has 126 valence electrons. The van der Waals surface area contributed by atoms with Gasteiger partial charge in [0.1, 0.15) is 0 Å². The molecule has 0 aliphatic carbocycles. The molecule has 0 fully saturated rings. The molecule has 0 aliphatic rings. The Morgan fingerprint density at radius 1 is 1.18 bits per heavy atom. The van der Waals surface area contributed by atoms with Gasteiger partial charge in [-0.3, -0.25) is 14.6 Å². The lowest BCUT2D eigenvalue weighted by molar-refractivity contribution is 0.173. The van der Waals surface area contributed by atoms with Crippen molar-refractivity contribution in [1.29, 1.82) is 0 Å². The van der Waals surface area contributed by atoms with Crippen LogP contribution < -0.4 is 10.6 Å². The molecular formula is C16H32N6. The molecule has 0 atom stereocenters. The van der Waals surface area contributed by atoms with Crippen LogP contribution in [0.1, 0.15) is 34.1 Å². The Labute approximate surface area is 135 Å². The summed E-state index contributed by atoms with van der Waals surface area (Å²) in [7, 11) is 1.80. The van der Waals surface area contributed by atoms with Crippen molar-refractivity contribution in [3.05, 3.63) is 18.5 Å². The molecule has 2 N–H and O–H groups in total. The third-order valence-corrected chi connectivity index (χ3v) is 3.63. The van der Waals surface area contributed by atoms with Crippen molar-refractivity contribution < 1.29 is 0 Å².